The van der Waals surface area contributed by atoms with Crippen molar-refractivity contribution in [2.24, 2.45) is 0 Å². The van der Waals surface area contributed by atoms with E-state index in [1.807, 2.05) is 55.5 Å². The highest BCUT2D eigenvalue weighted by Gasteiger charge is 2.23. The summed E-state index contributed by atoms with van der Waals surface area (Å²) in [5, 5.41) is 0. The zero-order valence-electron chi connectivity index (χ0n) is 21.6. The lowest BCUT2D eigenvalue weighted by Crippen LogP contribution is -2.22. The Labute approximate surface area is 208 Å². The summed E-state index contributed by atoms with van der Waals surface area (Å²) in [6.07, 6.45) is -0.659. The van der Waals surface area contributed by atoms with Crippen LogP contribution in [0, 0.1) is 0 Å². The molecule has 2 unspecified atom stereocenters. The lowest BCUT2D eigenvalue weighted by Gasteiger charge is -2.27. The standard InChI is InChI=1S/C29H36O6/c1-19(2)27(30)33-18-21(5)34-26-15-11-24(12-16-26)29(7,8)23-9-13-25(14-10-23)32-17-22(6)35-28(31)20(3)4/h9-16,21-22H,1,3,17-18H2,2,4-8H3. The van der Waals surface area contributed by atoms with Crippen LogP contribution >= 0.6 is 0 Å². The van der Waals surface area contributed by atoms with Gasteiger partial charge in [0.05, 0.1) is 0 Å². The maximum absolute atomic E-state index is 11.6. The first-order valence-corrected chi connectivity index (χ1v) is 11.6. The van der Waals surface area contributed by atoms with Crippen LogP contribution in [-0.2, 0) is 24.5 Å². The van der Waals surface area contributed by atoms with E-state index in [0.717, 1.165) is 11.1 Å². The van der Waals surface area contributed by atoms with E-state index in [1.165, 1.54) is 0 Å². The first kappa shape index (κ1) is 27.7. The zero-order chi connectivity index (χ0) is 26.2. The summed E-state index contributed by atoms with van der Waals surface area (Å²) in [6, 6.07) is 15.8. The number of hydrogen-bond donors (Lipinski definition) is 0. The molecule has 35 heavy (non-hydrogen) atoms. The van der Waals surface area contributed by atoms with Gasteiger partial charge < -0.3 is 18.9 Å². The molecule has 0 heterocycles. The van der Waals surface area contributed by atoms with Gasteiger partial charge in [-0.25, -0.2) is 9.59 Å². The van der Waals surface area contributed by atoms with Gasteiger partial charge in [0.2, 0.25) is 0 Å². The van der Waals surface area contributed by atoms with Crippen molar-refractivity contribution in [2.45, 2.75) is 59.2 Å². The smallest absolute Gasteiger partial charge is 0.333 e. The van der Waals surface area contributed by atoms with E-state index >= 15 is 0 Å². The van der Waals surface area contributed by atoms with Crippen LogP contribution in [0.25, 0.3) is 0 Å². The molecule has 0 saturated heterocycles. The average Bonchev–Trinajstić information content (AvgIpc) is 2.81. The third-order valence-electron chi connectivity index (χ3n) is 5.43. The van der Waals surface area contributed by atoms with Crippen molar-refractivity contribution in [3.05, 3.63) is 84.0 Å². The third-order valence-corrected chi connectivity index (χ3v) is 5.43. The molecule has 2 rings (SSSR count). The van der Waals surface area contributed by atoms with Crippen molar-refractivity contribution in [1.82, 2.24) is 0 Å². The highest BCUT2D eigenvalue weighted by Crippen LogP contribution is 2.33. The molecule has 0 N–H and O–H groups in total. The average molecular weight is 481 g/mol. The summed E-state index contributed by atoms with van der Waals surface area (Å²) in [5.41, 5.74) is 2.73. The molecule has 0 radical (unpaired) electrons. The van der Waals surface area contributed by atoms with E-state index in [2.05, 4.69) is 27.0 Å². The number of carbonyl (C=O) groups excluding carboxylic acids is 2. The topological polar surface area (TPSA) is 71.1 Å². The largest absolute Gasteiger partial charge is 0.490 e. The Balaban J connectivity index is 1.95. The highest BCUT2D eigenvalue weighted by molar-refractivity contribution is 5.87. The first-order valence-electron chi connectivity index (χ1n) is 11.6. The Hall–Kier alpha value is -3.54. The number of rotatable bonds is 12. The van der Waals surface area contributed by atoms with Crippen LogP contribution in [0.4, 0.5) is 0 Å². The minimum atomic E-state index is -0.422. The molecule has 0 fully saturated rings. The van der Waals surface area contributed by atoms with Gasteiger partial charge >= 0.3 is 11.9 Å². The molecule has 0 saturated carbocycles. The number of hydrogen-bond acceptors (Lipinski definition) is 6. The maximum atomic E-state index is 11.6. The quantitative estimate of drug-likeness (QED) is 0.283. The van der Waals surface area contributed by atoms with Crippen molar-refractivity contribution in [3.63, 3.8) is 0 Å². The fourth-order valence-corrected chi connectivity index (χ4v) is 3.20. The molecule has 0 aliphatic carbocycles. The summed E-state index contributed by atoms with van der Waals surface area (Å²) < 4.78 is 22.0. The molecule has 0 aromatic heterocycles. The molecule has 0 spiro atoms. The van der Waals surface area contributed by atoms with Crippen molar-refractivity contribution in [2.75, 3.05) is 13.2 Å². The molecular weight excluding hydrogens is 444 g/mol. The second-order valence-corrected chi connectivity index (χ2v) is 9.29. The van der Waals surface area contributed by atoms with Gasteiger partial charge in [0.25, 0.3) is 0 Å². The van der Waals surface area contributed by atoms with Gasteiger partial charge in [-0.3, -0.25) is 0 Å². The Bertz CT molecular complexity index is 1030. The maximum Gasteiger partial charge on any atom is 0.333 e. The molecule has 6 nitrogen and oxygen atoms in total. The second kappa shape index (κ2) is 12.2. The predicted octanol–water partition coefficient (Wildman–Crippen LogP) is 5.79. The number of ether oxygens (including phenoxy) is 4. The second-order valence-electron chi connectivity index (χ2n) is 9.29. The summed E-state index contributed by atoms with van der Waals surface area (Å²) in [6.45, 7) is 18.7. The fraction of sp³-hybridized carbons (Fsp3) is 0.379. The van der Waals surface area contributed by atoms with Gasteiger partial charge in [-0.1, -0.05) is 51.3 Å². The van der Waals surface area contributed by atoms with Crippen LogP contribution in [0.1, 0.15) is 52.7 Å². The van der Waals surface area contributed by atoms with Crippen molar-refractivity contribution in [3.8, 4) is 11.5 Å². The van der Waals surface area contributed by atoms with Crippen LogP contribution in [0.5, 0.6) is 11.5 Å². The monoisotopic (exact) mass is 480 g/mol. The van der Waals surface area contributed by atoms with Gasteiger partial charge in [0, 0.05) is 16.6 Å². The number of benzene rings is 2. The summed E-state index contributed by atoms with van der Waals surface area (Å²) in [5.74, 6) is 0.562. The van der Waals surface area contributed by atoms with E-state index in [1.54, 1.807) is 20.8 Å². The Kier molecular flexibility index (Phi) is 9.69. The number of carbonyl (C=O) groups is 2. The Morgan fingerprint density at radius 1 is 0.771 bits per heavy atom. The molecule has 188 valence electrons. The van der Waals surface area contributed by atoms with E-state index in [0.29, 0.717) is 22.6 Å². The lowest BCUT2D eigenvalue weighted by molar-refractivity contribution is -0.144. The summed E-state index contributed by atoms with van der Waals surface area (Å²) in [7, 11) is 0. The summed E-state index contributed by atoms with van der Waals surface area (Å²) >= 11 is 0. The molecule has 0 bridgehead atoms. The fourth-order valence-electron chi connectivity index (χ4n) is 3.20. The molecule has 2 aromatic rings. The molecule has 2 aromatic carbocycles. The Morgan fingerprint density at radius 2 is 1.26 bits per heavy atom. The minimum Gasteiger partial charge on any atom is -0.490 e. The molecule has 0 amide bonds. The number of esters is 2. The van der Waals surface area contributed by atoms with Gasteiger partial charge in [-0.2, -0.15) is 0 Å². The van der Waals surface area contributed by atoms with E-state index < -0.39 is 11.9 Å². The highest BCUT2D eigenvalue weighted by atomic mass is 16.6. The Morgan fingerprint density at radius 3 is 1.74 bits per heavy atom. The first-order chi connectivity index (χ1) is 16.4. The van der Waals surface area contributed by atoms with Crippen LogP contribution < -0.4 is 9.47 Å². The molecule has 6 heteroatoms. The molecule has 0 aliphatic rings. The van der Waals surface area contributed by atoms with Crippen molar-refractivity contribution in [1.29, 1.82) is 0 Å². The SMILES string of the molecule is C=C(C)C(=O)OCC(C)Oc1ccc(C(C)(C)c2ccc(OCC(C)OC(=O)C(=C)C)cc2)cc1. The van der Waals surface area contributed by atoms with Gasteiger partial charge in [-0.05, 0) is 63.1 Å². The van der Waals surface area contributed by atoms with Crippen molar-refractivity contribution >= 4 is 11.9 Å². The van der Waals surface area contributed by atoms with Gasteiger partial charge in [-0.15, -0.1) is 0 Å². The van der Waals surface area contributed by atoms with Crippen LogP contribution in [0.2, 0.25) is 0 Å². The van der Waals surface area contributed by atoms with E-state index in [9.17, 15) is 9.59 Å². The molecular formula is C29H36O6. The minimum absolute atomic E-state index is 0.155. The van der Waals surface area contributed by atoms with Gasteiger partial charge in [0.15, 0.2) is 0 Å². The van der Waals surface area contributed by atoms with Crippen LogP contribution in [0.15, 0.2) is 72.8 Å². The third kappa shape index (κ3) is 8.32. The molecule has 2 atom stereocenters. The van der Waals surface area contributed by atoms with Crippen molar-refractivity contribution < 1.29 is 28.5 Å². The normalized spacial score (nSPS) is 12.7. The summed E-state index contributed by atoms with van der Waals surface area (Å²) in [4.78, 5) is 23.1. The van der Waals surface area contributed by atoms with E-state index in [4.69, 9.17) is 18.9 Å². The van der Waals surface area contributed by atoms with Gasteiger partial charge in [0.1, 0.15) is 36.9 Å². The predicted molar refractivity (Wildman–Crippen MR) is 137 cm³/mol. The van der Waals surface area contributed by atoms with E-state index in [-0.39, 0.29) is 30.8 Å². The van der Waals surface area contributed by atoms with Crippen LogP contribution in [0.3, 0.4) is 0 Å². The zero-order valence-corrected chi connectivity index (χ0v) is 21.6. The molecule has 0 aliphatic heterocycles. The van der Waals surface area contributed by atoms with Crippen LogP contribution in [-0.4, -0.2) is 37.4 Å². The lowest BCUT2D eigenvalue weighted by atomic mass is 9.78.